The molecule has 0 aromatic heterocycles. The summed E-state index contributed by atoms with van der Waals surface area (Å²) in [6.45, 7) is 3.66. The first-order chi connectivity index (χ1) is 9.83. The number of carbonyl (C=O) groups excluding carboxylic acids is 1. The van der Waals surface area contributed by atoms with Crippen LogP contribution in [-0.4, -0.2) is 42.8 Å². The van der Waals surface area contributed by atoms with E-state index in [1.54, 1.807) is 18.2 Å². The van der Waals surface area contributed by atoms with E-state index < -0.39 is 18.0 Å². The van der Waals surface area contributed by atoms with E-state index in [0.29, 0.717) is 15.8 Å². The summed E-state index contributed by atoms with van der Waals surface area (Å²) in [6, 6.07) is 4.99. The van der Waals surface area contributed by atoms with E-state index in [0.717, 1.165) is 0 Å². The fourth-order valence-electron chi connectivity index (χ4n) is 1.59. The summed E-state index contributed by atoms with van der Waals surface area (Å²) in [7, 11) is 1.28. The third-order valence-electron chi connectivity index (χ3n) is 2.51. The highest BCUT2D eigenvalue weighted by Gasteiger charge is 2.18. The molecule has 1 rings (SSSR count). The predicted octanol–water partition coefficient (Wildman–Crippen LogP) is 2.07. The summed E-state index contributed by atoms with van der Waals surface area (Å²) in [6.07, 6.45) is -1.09. The smallest absolute Gasteiger partial charge is 0.334 e. The van der Waals surface area contributed by atoms with Crippen molar-refractivity contribution in [1.82, 2.24) is 5.32 Å². The van der Waals surface area contributed by atoms with Crippen molar-refractivity contribution >= 4 is 27.8 Å². The number of carbonyl (C=O) groups is 2. The third kappa shape index (κ3) is 5.73. The van der Waals surface area contributed by atoms with Gasteiger partial charge in [0.1, 0.15) is 5.75 Å². The summed E-state index contributed by atoms with van der Waals surface area (Å²) in [5.74, 6) is -0.963. The third-order valence-corrected chi connectivity index (χ3v) is 2.97. The molecule has 1 atom stereocenters. The quantitative estimate of drug-likeness (QED) is 0.778. The first kappa shape index (κ1) is 17.5. The van der Waals surface area contributed by atoms with Crippen LogP contribution in [0.1, 0.15) is 24.2 Å². The summed E-state index contributed by atoms with van der Waals surface area (Å²) >= 11 is 3.31. The molecule has 0 aliphatic heterocycles. The van der Waals surface area contributed by atoms with Crippen molar-refractivity contribution in [3.05, 3.63) is 28.2 Å². The molecule has 0 bridgehead atoms. The van der Waals surface area contributed by atoms with Crippen molar-refractivity contribution in [2.24, 2.45) is 0 Å². The van der Waals surface area contributed by atoms with Crippen LogP contribution in [0.15, 0.2) is 22.7 Å². The average Bonchev–Trinajstić information content (AvgIpc) is 2.37. The lowest BCUT2D eigenvalue weighted by Gasteiger charge is -2.13. The Morgan fingerprint density at radius 2 is 2.00 bits per heavy atom. The Kier molecular flexibility index (Phi) is 6.64. The number of benzene rings is 1. The van der Waals surface area contributed by atoms with E-state index in [2.05, 4.69) is 21.2 Å². The molecular formula is C14H18BrNO5. The molecule has 6 nitrogen and oxygen atoms in total. The van der Waals surface area contributed by atoms with E-state index in [-0.39, 0.29) is 12.6 Å². The molecule has 0 fully saturated rings. The number of hydrogen-bond acceptors (Lipinski definition) is 4. The molecule has 0 aliphatic carbocycles. The molecule has 0 saturated carbocycles. The zero-order valence-electron chi connectivity index (χ0n) is 12.1. The second kappa shape index (κ2) is 7.99. The Morgan fingerprint density at radius 1 is 1.33 bits per heavy atom. The van der Waals surface area contributed by atoms with E-state index >= 15 is 0 Å². The van der Waals surface area contributed by atoms with Gasteiger partial charge >= 0.3 is 5.97 Å². The van der Waals surface area contributed by atoms with Gasteiger partial charge in [-0.1, -0.05) is 15.9 Å². The van der Waals surface area contributed by atoms with E-state index in [1.165, 1.54) is 7.11 Å². The molecule has 1 aromatic carbocycles. The van der Waals surface area contributed by atoms with Crippen molar-refractivity contribution in [3.63, 3.8) is 0 Å². The van der Waals surface area contributed by atoms with Gasteiger partial charge in [-0.15, -0.1) is 0 Å². The number of ether oxygens (including phenoxy) is 2. The zero-order chi connectivity index (χ0) is 16.0. The predicted molar refractivity (Wildman–Crippen MR) is 80.7 cm³/mol. The number of aliphatic carboxylic acids is 1. The minimum absolute atomic E-state index is 0.0138. The molecule has 0 heterocycles. The lowest BCUT2D eigenvalue weighted by molar-refractivity contribution is -0.148. The molecule has 1 unspecified atom stereocenters. The molecule has 1 aromatic rings. The van der Waals surface area contributed by atoms with Crippen LogP contribution in [0.4, 0.5) is 0 Å². The normalized spacial score (nSPS) is 12.0. The molecule has 21 heavy (non-hydrogen) atoms. The van der Waals surface area contributed by atoms with Crippen molar-refractivity contribution in [1.29, 1.82) is 0 Å². The number of carboxylic acid groups (broad SMARTS) is 1. The SMILES string of the molecule is COC(CNC(=O)c1cc(Br)cc(OC(C)C)c1)C(=O)O. The average molecular weight is 360 g/mol. The fourth-order valence-corrected chi connectivity index (χ4v) is 2.07. The summed E-state index contributed by atoms with van der Waals surface area (Å²) < 4.78 is 11.0. The second-order valence-electron chi connectivity index (χ2n) is 4.61. The van der Waals surface area contributed by atoms with Gasteiger partial charge in [-0.25, -0.2) is 4.79 Å². The fraction of sp³-hybridized carbons (Fsp3) is 0.429. The van der Waals surface area contributed by atoms with Gasteiger partial charge in [-0.2, -0.15) is 0 Å². The van der Waals surface area contributed by atoms with Crippen LogP contribution in [0.2, 0.25) is 0 Å². The highest BCUT2D eigenvalue weighted by Crippen LogP contribution is 2.22. The van der Waals surface area contributed by atoms with Crippen LogP contribution in [0.25, 0.3) is 0 Å². The summed E-state index contributed by atoms with van der Waals surface area (Å²) in [5.41, 5.74) is 0.375. The van der Waals surface area contributed by atoms with E-state index in [4.69, 9.17) is 14.6 Å². The summed E-state index contributed by atoms with van der Waals surface area (Å²) in [5, 5.41) is 11.4. The number of amides is 1. The maximum Gasteiger partial charge on any atom is 0.334 e. The van der Waals surface area contributed by atoms with E-state index in [9.17, 15) is 9.59 Å². The monoisotopic (exact) mass is 359 g/mol. The van der Waals surface area contributed by atoms with Gasteiger partial charge in [0.25, 0.3) is 5.91 Å². The van der Waals surface area contributed by atoms with Gasteiger partial charge in [-0.3, -0.25) is 4.79 Å². The Hall–Kier alpha value is -1.60. The van der Waals surface area contributed by atoms with Crippen molar-refractivity contribution < 1.29 is 24.2 Å². The molecule has 0 spiro atoms. The lowest BCUT2D eigenvalue weighted by Crippen LogP contribution is -2.37. The first-order valence-electron chi connectivity index (χ1n) is 6.34. The number of carboxylic acids is 1. The number of methoxy groups -OCH3 is 1. The molecule has 2 N–H and O–H groups in total. The molecule has 0 radical (unpaired) electrons. The molecule has 7 heteroatoms. The topological polar surface area (TPSA) is 84.9 Å². The minimum Gasteiger partial charge on any atom is -0.491 e. The van der Waals surface area contributed by atoms with Crippen LogP contribution in [-0.2, 0) is 9.53 Å². The Morgan fingerprint density at radius 3 is 2.52 bits per heavy atom. The van der Waals surface area contributed by atoms with Crippen LogP contribution >= 0.6 is 15.9 Å². The van der Waals surface area contributed by atoms with Crippen molar-refractivity contribution in [3.8, 4) is 5.75 Å². The molecule has 1 amide bonds. The van der Waals surface area contributed by atoms with Crippen LogP contribution in [0.3, 0.4) is 0 Å². The van der Waals surface area contributed by atoms with Crippen molar-refractivity contribution in [2.75, 3.05) is 13.7 Å². The van der Waals surface area contributed by atoms with Gasteiger partial charge in [-0.05, 0) is 32.0 Å². The van der Waals surface area contributed by atoms with Crippen LogP contribution in [0, 0.1) is 0 Å². The van der Waals surface area contributed by atoms with E-state index in [1.807, 2.05) is 13.8 Å². The first-order valence-corrected chi connectivity index (χ1v) is 7.13. The molecule has 116 valence electrons. The van der Waals surface area contributed by atoms with Crippen LogP contribution in [0.5, 0.6) is 5.75 Å². The Balaban J connectivity index is 2.77. The molecular weight excluding hydrogens is 342 g/mol. The van der Waals surface area contributed by atoms with Gasteiger partial charge in [0.2, 0.25) is 0 Å². The highest BCUT2D eigenvalue weighted by atomic mass is 79.9. The van der Waals surface area contributed by atoms with Gasteiger partial charge in [0.15, 0.2) is 6.10 Å². The lowest BCUT2D eigenvalue weighted by atomic mass is 10.2. The van der Waals surface area contributed by atoms with Gasteiger partial charge in [0.05, 0.1) is 12.6 Å². The zero-order valence-corrected chi connectivity index (χ0v) is 13.6. The minimum atomic E-state index is -1.13. The standard InChI is InChI=1S/C14H18BrNO5/c1-8(2)21-11-5-9(4-10(15)6-11)13(17)16-7-12(20-3)14(18)19/h4-6,8,12H,7H2,1-3H3,(H,16,17)(H,18,19). The molecule has 0 aliphatic rings. The number of hydrogen-bond donors (Lipinski definition) is 2. The van der Waals surface area contributed by atoms with Crippen molar-refractivity contribution in [2.45, 2.75) is 26.1 Å². The highest BCUT2D eigenvalue weighted by molar-refractivity contribution is 9.10. The molecule has 0 saturated heterocycles. The maximum absolute atomic E-state index is 12.0. The largest absolute Gasteiger partial charge is 0.491 e. The van der Waals surface area contributed by atoms with Gasteiger partial charge in [0, 0.05) is 17.1 Å². The van der Waals surface area contributed by atoms with Gasteiger partial charge < -0.3 is 19.9 Å². The Bertz CT molecular complexity index is 518. The summed E-state index contributed by atoms with van der Waals surface area (Å²) in [4.78, 5) is 22.8. The number of halogens is 1. The number of nitrogens with one attached hydrogen (secondary N) is 1. The maximum atomic E-state index is 12.0. The Labute approximate surface area is 131 Å². The second-order valence-corrected chi connectivity index (χ2v) is 5.53. The number of rotatable bonds is 7. The van der Waals surface area contributed by atoms with Crippen LogP contribution < -0.4 is 10.1 Å².